The largest absolute Gasteiger partial charge is 0.355 e. The van der Waals surface area contributed by atoms with Gasteiger partial charge in [0, 0.05) is 92.3 Å². The molecule has 4 fully saturated rings. The Bertz CT molecular complexity index is 2470. The van der Waals surface area contributed by atoms with E-state index >= 15 is 0 Å². The van der Waals surface area contributed by atoms with Gasteiger partial charge in [-0.25, -0.2) is 9.97 Å². The SMILES string of the molecule is CCC1(N)CCN(c2cnc(Sc3cccc(NC(=O)CCCCCCN4CC5(CCN(c6ccc(C(=O)NCc7ccc8c(c7)CN(C7CCC(=O)NC7=O)C8=O)nn6)C5)C4)c3)cn2)CC1. The molecule has 9 rings (SSSR count). The fourth-order valence-electron chi connectivity index (χ4n) is 10.1. The Kier molecular flexibility index (Phi) is 13.8. The molecule has 5 amide bonds. The van der Waals surface area contributed by atoms with Crippen molar-refractivity contribution < 1.29 is 24.0 Å². The van der Waals surface area contributed by atoms with E-state index in [9.17, 15) is 24.0 Å². The van der Waals surface area contributed by atoms with Gasteiger partial charge in [0.25, 0.3) is 11.8 Å². The number of benzene rings is 2. The van der Waals surface area contributed by atoms with Crippen LogP contribution in [0.25, 0.3) is 0 Å². The number of carbonyl (C=O) groups excluding carboxylic acids is 5. The lowest BCUT2D eigenvalue weighted by Crippen LogP contribution is -2.57. The second kappa shape index (κ2) is 20.1. The van der Waals surface area contributed by atoms with Crippen LogP contribution in [0.4, 0.5) is 17.3 Å². The third-order valence-electron chi connectivity index (χ3n) is 14.2. The number of piperidine rings is 2. The Hall–Kier alpha value is -5.98. The summed E-state index contributed by atoms with van der Waals surface area (Å²) in [6.07, 6.45) is 12.7. The van der Waals surface area contributed by atoms with Crippen molar-refractivity contribution in [3.63, 3.8) is 0 Å². The molecule has 2 aromatic carbocycles. The van der Waals surface area contributed by atoms with Crippen LogP contribution in [-0.2, 0) is 27.5 Å². The van der Waals surface area contributed by atoms with Gasteiger partial charge in [0.1, 0.15) is 16.9 Å². The molecule has 4 aromatic rings. The smallest absolute Gasteiger partial charge is 0.272 e. The van der Waals surface area contributed by atoms with Gasteiger partial charge >= 0.3 is 0 Å². The molecule has 352 valence electrons. The first kappa shape index (κ1) is 46.1. The van der Waals surface area contributed by atoms with Crippen molar-refractivity contribution in [1.29, 1.82) is 0 Å². The molecule has 5 aliphatic rings. The van der Waals surface area contributed by atoms with Crippen molar-refractivity contribution in [3.05, 3.63) is 89.4 Å². The molecule has 2 aromatic heterocycles. The van der Waals surface area contributed by atoms with Gasteiger partial charge in [-0.1, -0.05) is 49.7 Å². The molecule has 0 bridgehead atoms. The summed E-state index contributed by atoms with van der Waals surface area (Å²) in [5.41, 5.74) is 9.79. The Morgan fingerprint density at radius 1 is 0.881 bits per heavy atom. The van der Waals surface area contributed by atoms with E-state index < -0.39 is 11.9 Å². The molecule has 5 N–H and O–H groups in total. The number of imide groups is 1. The number of nitrogens with two attached hydrogens (primary N) is 1. The van der Waals surface area contributed by atoms with E-state index in [1.54, 1.807) is 18.2 Å². The minimum atomic E-state index is -0.674. The number of aromatic nitrogens is 4. The highest BCUT2D eigenvalue weighted by atomic mass is 32.2. The quantitative estimate of drug-likeness (QED) is 0.0819. The van der Waals surface area contributed by atoms with Crippen LogP contribution in [0.2, 0.25) is 0 Å². The van der Waals surface area contributed by atoms with Crippen molar-refractivity contribution in [1.82, 2.24) is 40.6 Å². The molecule has 17 nitrogen and oxygen atoms in total. The fourth-order valence-corrected chi connectivity index (χ4v) is 10.9. The van der Waals surface area contributed by atoms with E-state index in [2.05, 4.69) is 57.7 Å². The minimum Gasteiger partial charge on any atom is -0.355 e. The summed E-state index contributed by atoms with van der Waals surface area (Å²) in [5.74, 6) is 0.348. The lowest BCUT2D eigenvalue weighted by molar-refractivity contribution is -0.137. The predicted octanol–water partition coefficient (Wildman–Crippen LogP) is 4.92. The van der Waals surface area contributed by atoms with E-state index in [1.165, 1.54) is 16.7 Å². The van der Waals surface area contributed by atoms with Crippen molar-refractivity contribution in [2.45, 2.75) is 112 Å². The van der Waals surface area contributed by atoms with Crippen LogP contribution >= 0.6 is 11.8 Å². The zero-order chi connectivity index (χ0) is 46.5. The van der Waals surface area contributed by atoms with Crippen LogP contribution in [0, 0.1) is 5.41 Å². The molecule has 4 saturated heterocycles. The number of amides is 5. The number of nitrogens with one attached hydrogen (secondary N) is 3. The fraction of sp³-hybridized carbons (Fsp3) is 0.490. The van der Waals surface area contributed by atoms with Crippen LogP contribution in [0.15, 0.2) is 76.9 Å². The number of hydrogen-bond donors (Lipinski definition) is 4. The molecule has 18 heteroatoms. The predicted molar refractivity (Wildman–Crippen MR) is 254 cm³/mol. The Balaban J connectivity index is 0.634. The van der Waals surface area contributed by atoms with Crippen molar-refractivity contribution in [2.24, 2.45) is 11.1 Å². The van der Waals surface area contributed by atoms with E-state index in [4.69, 9.17) is 5.73 Å². The number of hydrogen-bond acceptors (Lipinski definition) is 14. The molecule has 7 heterocycles. The standard InChI is InChI=1S/C49H60N12O5S/c1-2-49(50)18-22-59(23-19-49)41-27-52-44(28-51-41)67-36-9-7-8-35(25-36)54-42(62)10-5-3-4-6-20-58-30-48(31-58)17-21-60(32-48)40-15-13-38(56-57-40)45(64)53-26-33-11-12-37-34(24-33)29-61(47(37)66)39-14-16-43(63)55-46(39)65/h7-9,11-13,15,24-25,27-28,39H,2-6,10,14,16-23,26,29-32,50H2,1H3,(H,53,64)(H,54,62)(H,55,63,65). The van der Waals surface area contributed by atoms with Gasteiger partial charge in [-0.2, -0.15) is 0 Å². The first-order chi connectivity index (χ1) is 32.4. The first-order valence-corrected chi connectivity index (χ1v) is 24.5. The summed E-state index contributed by atoms with van der Waals surface area (Å²) in [5, 5.41) is 17.8. The van der Waals surface area contributed by atoms with Crippen LogP contribution in [0.5, 0.6) is 0 Å². The molecular formula is C49H60N12O5S. The van der Waals surface area contributed by atoms with Crippen LogP contribution in [0.3, 0.4) is 0 Å². The second-order valence-electron chi connectivity index (χ2n) is 19.0. The number of fused-ring (bicyclic) bond motifs is 1. The lowest BCUT2D eigenvalue weighted by Gasteiger charge is -2.48. The van der Waals surface area contributed by atoms with Crippen LogP contribution < -0.4 is 31.5 Å². The highest BCUT2D eigenvalue weighted by molar-refractivity contribution is 7.99. The van der Waals surface area contributed by atoms with E-state index in [1.807, 2.05) is 48.8 Å². The number of anilines is 3. The molecule has 67 heavy (non-hydrogen) atoms. The van der Waals surface area contributed by atoms with E-state index in [-0.39, 0.29) is 59.8 Å². The van der Waals surface area contributed by atoms with Crippen molar-refractivity contribution >= 4 is 58.6 Å². The summed E-state index contributed by atoms with van der Waals surface area (Å²) in [6, 6.07) is 16.2. The number of likely N-dealkylation sites (tertiary alicyclic amines) is 1. The number of rotatable bonds is 17. The minimum absolute atomic E-state index is 0.0329. The second-order valence-corrected chi connectivity index (χ2v) is 20.1. The summed E-state index contributed by atoms with van der Waals surface area (Å²) >= 11 is 1.53. The maximum atomic E-state index is 13.0. The maximum Gasteiger partial charge on any atom is 0.272 e. The van der Waals surface area contributed by atoms with Crippen molar-refractivity contribution in [3.8, 4) is 0 Å². The van der Waals surface area contributed by atoms with Gasteiger partial charge in [-0.15, -0.1) is 10.2 Å². The topological polar surface area (TPSA) is 212 Å². The highest BCUT2D eigenvalue weighted by Gasteiger charge is 2.47. The molecule has 0 radical (unpaired) electrons. The Morgan fingerprint density at radius 2 is 1.70 bits per heavy atom. The summed E-state index contributed by atoms with van der Waals surface area (Å²) in [4.78, 5) is 81.7. The third kappa shape index (κ3) is 10.9. The molecule has 0 aliphatic carbocycles. The first-order valence-electron chi connectivity index (χ1n) is 23.7. The van der Waals surface area contributed by atoms with Gasteiger partial charge < -0.3 is 36.0 Å². The van der Waals surface area contributed by atoms with E-state index in [0.29, 0.717) is 18.4 Å². The lowest BCUT2D eigenvalue weighted by atomic mass is 9.79. The number of carbonyl (C=O) groups is 5. The van der Waals surface area contributed by atoms with Gasteiger partial charge in [0.15, 0.2) is 11.5 Å². The zero-order valence-electron chi connectivity index (χ0n) is 38.2. The summed E-state index contributed by atoms with van der Waals surface area (Å²) in [7, 11) is 0. The zero-order valence-corrected chi connectivity index (χ0v) is 39.0. The number of nitrogens with zero attached hydrogens (tertiary/aromatic N) is 8. The molecular weight excluding hydrogens is 869 g/mol. The molecule has 5 aliphatic heterocycles. The average molecular weight is 929 g/mol. The van der Waals surface area contributed by atoms with Crippen molar-refractivity contribution in [2.75, 3.05) is 60.9 Å². The van der Waals surface area contributed by atoms with Crippen LogP contribution in [-0.4, -0.2) is 117 Å². The third-order valence-corrected chi connectivity index (χ3v) is 15.1. The highest BCUT2D eigenvalue weighted by Crippen LogP contribution is 2.41. The normalized spacial score (nSPS) is 19.9. The van der Waals surface area contributed by atoms with E-state index in [0.717, 1.165) is 136 Å². The Labute approximate surface area is 395 Å². The average Bonchev–Trinajstić information content (AvgIpc) is 3.91. The van der Waals surface area contributed by atoms with Gasteiger partial charge in [0.05, 0.1) is 12.4 Å². The van der Waals surface area contributed by atoms with Crippen LogP contribution in [0.1, 0.15) is 110 Å². The molecule has 1 unspecified atom stereocenters. The number of unbranched alkanes of at least 4 members (excludes halogenated alkanes) is 3. The molecule has 0 saturated carbocycles. The maximum absolute atomic E-state index is 13.0. The Morgan fingerprint density at radius 3 is 2.46 bits per heavy atom. The van der Waals surface area contributed by atoms with Gasteiger partial charge in [-0.3, -0.25) is 29.3 Å². The summed E-state index contributed by atoms with van der Waals surface area (Å²) in [6.45, 7) is 9.46. The van der Waals surface area contributed by atoms with Gasteiger partial charge in [0.2, 0.25) is 17.7 Å². The van der Waals surface area contributed by atoms with Gasteiger partial charge in [-0.05, 0) is 99.0 Å². The monoisotopic (exact) mass is 928 g/mol. The summed E-state index contributed by atoms with van der Waals surface area (Å²) < 4.78 is 0. The molecule has 1 atom stereocenters. The molecule has 1 spiro atoms.